The van der Waals surface area contributed by atoms with Gasteiger partial charge in [0.1, 0.15) is 0 Å². The predicted molar refractivity (Wildman–Crippen MR) is 149 cm³/mol. The SMILES string of the molecule is CC(C)P(C(C)C)C(C)C.F[P-](F)(F)(F)(F)F.OP(c1ccccc1)c1ccccc1.[CH]1[CH][CH][CH][CH]1.[Os+2]. The summed E-state index contributed by atoms with van der Waals surface area (Å²) in [6, 6.07) is 19.5. The van der Waals surface area contributed by atoms with Crippen LogP contribution in [0.15, 0.2) is 60.7 Å². The van der Waals surface area contributed by atoms with Crippen LogP contribution in [0.1, 0.15) is 41.5 Å². The maximum Gasteiger partial charge on any atom is 2.00 e. The zero-order chi connectivity index (χ0) is 28.1. The molecule has 0 saturated heterocycles. The molecule has 2 aromatic carbocycles. The van der Waals surface area contributed by atoms with Gasteiger partial charge in [0.25, 0.3) is 0 Å². The molecule has 1 nitrogen and oxygen atoms in total. The predicted octanol–water partition coefficient (Wildman–Crippen LogP) is 10.1. The van der Waals surface area contributed by atoms with Crippen molar-refractivity contribution >= 4 is 34.5 Å². The molecule has 0 spiro atoms. The largest absolute Gasteiger partial charge is 2.00 e. The van der Waals surface area contributed by atoms with Gasteiger partial charge in [-0.3, -0.25) is 0 Å². The van der Waals surface area contributed by atoms with Gasteiger partial charge in [-0.1, -0.05) is 110 Å². The molecule has 37 heavy (non-hydrogen) atoms. The third-order valence-electron chi connectivity index (χ3n) is 4.35. The molecule has 0 aliphatic heterocycles. The summed E-state index contributed by atoms with van der Waals surface area (Å²) >= 11 is 0. The van der Waals surface area contributed by atoms with Gasteiger partial charge in [-0.2, -0.15) is 0 Å². The normalized spacial score (nSPS) is 15.0. The van der Waals surface area contributed by atoms with E-state index in [1.54, 1.807) is 0 Å². The molecule has 5 radical (unpaired) electrons. The quantitative estimate of drug-likeness (QED) is 0.238. The standard InChI is InChI=1S/C12H11OP.C9H21P.C5H5.F6P.Os/c13-14(11-7-3-1-4-8-11)12-9-5-2-6-10-12;1-7(2)10(8(3)4)9(5)6;1-2-4-5-3-1;1-7(2,3,4,5)6;/h1-10,13H;7-9H,1-6H3;1-5H;;/q;;;-1;+2. The van der Waals surface area contributed by atoms with Gasteiger partial charge in [0.05, 0.1) is 8.15 Å². The summed E-state index contributed by atoms with van der Waals surface area (Å²) in [5.41, 5.74) is 2.69. The Balaban J connectivity index is 0. The molecule has 0 aromatic heterocycles. The molecule has 1 aliphatic carbocycles. The summed E-state index contributed by atoms with van der Waals surface area (Å²) in [7, 11) is -11.6. The summed E-state index contributed by atoms with van der Waals surface area (Å²) < 4.78 is 59.2. The first-order valence-corrected chi connectivity index (χ1v) is 16.3. The second kappa shape index (κ2) is 16.9. The number of benzene rings is 2. The Kier molecular flexibility index (Phi) is 17.8. The van der Waals surface area contributed by atoms with Crippen molar-refractivity contribution in [3.05, 3.63) is 92.8 Å². The number of hydrogen-bond donors (Lipinski definition) is 1. The van der Waals surface area contributed by atoms with Gasteiger partial charge in [0, 0.05) is 10.6 Å². The van der Waals surface area contributed by atoms with Gasteiger partial charge < -0.3 is 4.89 Å². The topological polar surface area (TPSA) is 20.2 Å². The van der Waals surface area contributed by atoms with E-state index < -0.39 is 16.0 Å². The van der Waals surface area contributed by atoms with E-state index in [1.165, 1.54) is 0 Å². The first kappa shape index (κ1) is 39.1. The molecule has 1 N–H and O–H groups in total. The molecule has 0 unspecified atom stereocenters. The fourth-order valence-corrected chi connectivity index (χ4v) is 8.18. The van der Waals surface area contributed by atoms with Crippen LogP contribution in [0, 0.1) is 32.1 Å². The van der Waals surface area contributed by atoms with E-state index >= 15 is 0 Å². The Bertz CT molecular complexity index is 754. The minimum absolute atomic E-state index is 0. The van der Waals surface area contributed by atoms with E-state index in [4.69, 9.17) is 0 Å². The molecular formula is C26H37F6OOsP3+. The van der Waals surface area contributed by atoms with E-state index in [0.29, 0.717) is 0 Å². The van der Waals surface area contributed by atoms with Crippen molar-refractivity contribution in [1.29, 1.82) is 0 Å². The van der Waals surface area contributed by atoms with Crippen LogP contribution in [0.4, 0.5) is 25.2 Å². The molecule has 211 valence electrons. The fraction of sp³-hybridized carbons (Fsp3) is 0.346. The smallest absolute Gasteiger partial charge is 0.364 e. The third kappa shape index (κ3) is 24.7. The van der Waals surface area contributed by atoms with Crippen molar-refractivity contribution < 1.29 is 49.9 Å². The fourth-order valence-electron chi connectivity index (χ4n) is 3.40. The second-order valence-electron chi connectivity index (χ2n) is 8.63. The first-order chi connectivity index (χ1) is 16.3. The van der Waals surface area contributed by atoms with Crippen LogP contribution >= 0.6 is 23.9 Å². The maximum atomic E-state index is 10.1. The van der Waals surface area contributed by atoms with Crippen LogP contribution in [0.2, 0.25) is 0 Å². The molecule has 0 atom stereocenters. The van der Waals surface area contributed by atoms with Crippen molar-refractivity contribution in [3.8, 4) is 0 Å². The van der Waals surface area contributed by atoms with E-state index in [1.807, 2.05) is 92.8 Å². The molecule has 1 fully saturated rings. The molecular weight excluding hydrogens is 725 g/mol. The minimum Gasteiger partial charge on any atom is -0.364 e. The van der Waals surface area contributed by atoms with Crippen molar-refractivity contribution in [2.45, 2.75) is 58.5 Å². The van der Waals surface area contributed by atoms with Gasteiger partial charge >= 0.3 is 52.8 Å². The van der Waals surface area contributed by atoms with Crippen LogP contribution < -0.4 is 10.6 Å². The molecule has 2 aromatic rings. The molecule has 3 rings (SSSR count). The van der Waals surface area contributed by atoms with Crippen LogP contribution in [0.5, 0.6) is 0 Å². The molecule has 0 bridgehead atoms. The van der Waals surface area contributed by atoms with Gasteiger partial charge in [-0.15, -0.1) is 0 Å². The molecule has 0 heterocycles. The van der Waals surface area contributed by atoms with Crippen molar-refractivity contribution in [2.75, 3.05) is 0 Å². The van der Waals surface area contributed by atoms with Gasteiger partial charge in [0.2, 0.25) is 0 Å². The summed E-state index contributed by atoms with van der Waals surface area (Å²) in [5, 5.41) is 1.99. The van der Waals surface area contributed by atoms with E-state index in [-0.39, 0.29) is 27.7 Å². The van der Waals surface area contributed by atoms with Crippen LogP contribution in [0.25, 0.3) is 0 Å². The number of halogens is 6. The van der Waals surface area contributed by atoms with Crippen LogP contribution in [-0.2, 0) is 19.8 Å². The zero-order valence-corrected chi connectivity index (χ0v) is 27.0. The molecule has 1 saturated carbocycles. The van der Waals surface area contributed by atoms with Crippen molar-refractivity contribution in [1.82, 2.24) is 0 Å². The Labute approximate surface area is 235 Å². The maximum absolute atomic E-state index is 10.7. The summed E-state index contributed by atoms with van der Waals surface area (Å²) in [4.78, 5) is 10.1. The Morgan fingerprint density at radius 2 is 0.757 bits per heavy atom. The minimum atomic E-state index is -10.7. The number of hydrogen-bond acceptors (Lipinski definition) is 1. The van der Waals surface area contributed by atoms with E-state index in [9.17, 15) is 30.1 Å². The Hall–Kier alpha value is -0.0936. The third-order valence-corrected chi connectivity index (χ3v) is 9.50. The average Bonchev–Trinajstić information content (AvgIpc) is 3.32. The molecule has 0 amide bonds. The van der Waals surface area contributed by atoms with E-state index in [0.717, 1.165) is 27.6 Å². The molecule has 11 heteroatoms. The molecule has 1 aliphatic rings. The monoisotopic (exact) mass is 764 g/mol. The number of rotatable bonds is 5. The second-order valence-corrected chi connectivity index (χ2v) is 16.2. The van der Waals surface area contributed by atoms with Crippen molar-refractivity contribution in [2.24, 2.45) is 0 Å². The van der Waals surface area contributed by atoms with Crippen molar-refractivity contribution in [3.63, 3.8) is 0 Å². The van der Waals surface area contributed by atoms with Crippen LogP contribution in [-0.4, -0.2) is 21.9 Å². The van der Waals surface area contributed by atoms with Gasteiger partial charge in [-0.05, 0) is 49.1 Å². The Morgan fingerprint density at radius 3 is 0.919 bits per heavy atom. The average molecular weight is 763 g/mol. The summed E-state index contributed by atoms with van der Waals surface area (Å²) in [6.45, 7) is 14.1. The first-order valence-electron chi connectivity index (χ1n) is 11.4. The van der Waals surface area contributed by atoms with E-state index in [2.05, 4.69) is 41.5 Å². The van der Waals surface area contributed by atoms with Gasteiger partial charge in [0.15, 0.2) is 0 Å². The summed E-state index contributed by atoms with van der Waals surface area (Å²) in [6.07, 6.45) is 10.0. The van der Waals surface area contributed by atoms with Gasteiger partial charge in [-0.25, -0.2) is 0 Å². The summed E-state index contributed by atoms with van der Waals surface area (Å²) in [5.74, 6) is 0. The Morgan fingerprint density at radius 1 is 0.541 bits per heavy atom. The zero-order valence-electron chi connectivity index (χ0n) is 21.8. The van der Waals surface area contributed by atoms with Crippen LogP contribution in [0.3, 0.4) is 0 Å².